The Morgan fingerprint density at radius 3 is 2.70 bits per heavy atom. The van der Waals surface area contributed by atoms with Crippen LogP contribution in [0.4, 0.5) is 0 Å². The number of carbonyl (C=O) groups excluding carboxylic acids is 1. The smallest absolute Gasteiger partial charge is 0.364 e. The van der Waals surface area contributed by atoms with Crippen LogP contribution in [-0.4, -0.2) is 25.7 Å². The number of hydrogen-bond acceptors (Lipinski definition) is 2. The summed E-state index contributed by atoms with van der Waals surface area (Å²) in [6, 6.07) is -0.216. The highest BCUT2D eigenvalue weighted by Crippen LogP contribution is 1.91. The van der Waals surface area contributed by atoms with E-state index in [1.54, 1.807) is 0 Å². The van der Waals surface area contributed by atoms with E-state index in [0.717, 1.165) is 19.4 Å². The molecule has 0 bridgehead atoms. The number of methoxy groups -OCH3 is 1. The van der Waals surface area contributed by atoms with Gasteiger partial charge in [-0.3, -0.25) is 0 Å². The van der Waals surface area contributed by atoms with Gasteiger partial charge >= 0.3 is 5.97 Å². The second-order valence-electron chi connectivity index (χ2n) is 2.22. The summed E-state index contributed by atoms with van der Waals surface area (Å²) in [4.78, 5) is 10.7. The number of ether oxygens (including phenoxy) is 1. The first kappa shape index (κ1) is 9.39. The van der Waals surface area contributed by atoms with Crippen molar-refractivity contribution in [2.24, 2.45) is 0 Å². The topological polar surface area (TPSA) is 81.6 Å². The van der Waals surface area contributed by atoms with Gasteiger partial charge in [0.25, 0.3) is 0 Å². The lowest BCUT2D eigenvalue weighted by Crippen LogP contribution is -2.65. The quantitative estimate of drug-likeness (QED) is 0.443. The molecule has 10 heavy (non-hydrogen) atoms. The van der Waals surface area contributed by atoms with Crippen molar-refractivity contribution in [2.45, 2.75) is 18.9 Å². The molecule has 4 heteroatoms. The summed E-state index contributed by atoms with van der Waals surface area (Å²) in [7, 11) is 1.38. The second kappa shape index (κ2) is 5.20. The van der Waals surface area contributed by atoms with Crippen molar-refractivity contribution < 1.29 is 21.0 Å². The van der Waals surface area contributed by atoms with Crippen LogP contribution in [0.15, 0.2) is 0 Å². The highest BCUT2D eigenvalue weighted by molar-refractivity contribution is 5.73. The summed E-state index contributed by atoms with van der Waals surface area (Å²) < 4.78 is 4.49. The minimum absolute atomic E-state index is 0.216. The molecule has 0 spiro atoms. The minimum Gasteiger partial charge on any atom is -0.465 e. The molecule has 0 aromatic rings. The molecule has 0 aliphatic heterocycles. The highest BCUT2D eigenvalue weighted by atomic mass is 16.5. The van der Waals surface area contributed by atoms with Gasteiger partial charge in [-0.25, -0.2) is 4.79 Å². The molecule has 0 saturated heterocycles. The SMILES string of the molecule is COC(=O)[C@@H]([NH3+])CCC[NH3+]. The Kier molecular flexibility index (Phi) is 4.88. The summed E-state index contributed by atoms with van der Waals surface area (Å²) >= 11 is 0. The number of quaternary nitrogens is 2. The zero-order valence-electron chi connectivity index (χ0n) is 6.43. The normalized spacial score (nSPS) is 12.7. The van der Waals surface area contributed by atoms with E-state index in [9.17, 15) is 4.79 Å². The molecule has 0 aliphatic carbocycles. The maximum atomic E-state index is 10.7. The molecule has 60 valence electrons. The summed E-state index contributed by atoms with van der Waals surface area (Å²) in [6.45, 7) is 0.850. The number of esters is 1. The molecule has 4 nitrogen and oxygen atoms in total. The van der Waals surface area contributed by atoms with Crippen molar-refractivity contribution in [1.82, 2.24) is 0 Å². The highest BCUT2D eigenvalue weighted by Gasteiger charge is 2.16. The van der Waals surface area contributed by atoms with Crippen LogP contribution in [0.3, 0.4) is 0 Å². The molecule has 0 saturated carbocycles. The third-order valence-corrected chi connectivity index (χ3v) is 1.34. The first-order valence-corrected chi connectivity index (χ1v) is 3.42. The Morgan fingerprint density at radius 1 is 1.70 bits per heavy atom. The van der Waals surface area contributed by atoms with Gasteiger partial charge in [0.15, 0.2) is 6.04 Å². The maximum absolute atomic E-state index is 10.7. The van der Waals surface area contributed by atoms with Crippen molar-refractivity contribution in [3.63, 3.8) is 0 Å². The molecule has 0 aliphatic rings. The van der Waals surface area contributed by atoms with E-state index in [0.29, 0.717) is 0 Å². The zero-order chi connectivity index (χ0) is 7.98. The molecule has 6 N–H and O–H groups in total. The molecular weight excluding hydrogens is 132 g/mol. The van der Waals surface area contributed by atoms with E-state index in [-0.39, 0.29) is 12.0 Å². The lowest BCUT2D eigenvalue weighted by Gasteiger charge is -2.02. The first-order valence-electron chi connectivity index (χ1n) is 3.42. The fourth-order valence-corrected chi connectivity index (χ4v) is 0.675. The van der Waals surface area contributed by atoms with Gasteiger partial charge in [-0.2, -0.15) is 0 Å². The van der Waals surface area contributed by atoms with Crippen LogP contribution in [0.2, 0.25) is 0 Å². The number of rotatable bonds is 4. The molecule has 0 amide bonds. The lowest BCUT2D eigenvalue weighted by atomic mass is 10.2. The second-order valence-corrected chi connectivity index (χ2v) is 2.22. The monoisotopic (exact) mass is 148 g/mol. The Hall–Kier alpha value is -0.610. The Morgan fingerprint density at radius 2 is 2.30 bits per heavy atom. The van der Waals surface area contributed by atoms with Gasteiger partial charge in [-0.15, -0.1) is 0 Å². The minimum atomic E-state index is -0.228. The lowest BCUT2D eigenvalue weighted by molar-refractivity contribution is -0.415. The van der Waals surface area contributed by atoms with Gasteiger partial charge in [0.05, 0.1) is 13.7 Å². The molecule has 0 heterocycles. The zero-order valence-corrected chi connectivity index (χ0v) is 6.43. The standard InChI is InChI=1S/C6H14N2O2/c1-10-6(9)5(8)3-2-4-7/h5H,2-4,7-8H2,1H3/p+2/t5-/m0/s1. The maximum Gasteiger partial charge on any atom is 0.364 e. The molecule has 0 fully saturated rings. The van der Waals surface area contributed by atoms with Gasteiger partial charge in [-0.1, -0.05) is 0 Å². The third-order valence-electron chi connectivity index (χ3n) is 1.34. The van der Waals surface area contributed by atoms with E-state index in [4.69, 9.17) is 0 Å². The molecule has 0 aromatic heterocycles. The predicted molar refractivity (Wildman–Crippen MR) is 35.7 cm³/mol. The Balaban J connectivity index is 3.41. The van der Waals surface area contributed by atoms with Gasteiger partial charge in [-0.05, 0) is 0 Å². The van der Waals surface area contributed by atoms with Crippen molar-refractivity contribution >= 4 is 5.97 Å². The van der Waals surface area contributed by atoms with Crippen molar-refractivity contribution in [2.75, 3.05) is 13.7 Å². The number of hydrogen-bond donors (Lipinski definition) is 2. The molecule has 0 rings (SSSR count). The van der Waals surface area contributed by atoms with E-state index in [1.165, 1.54) is 7.11 Å². The van der Waals surface area contributed by atoms with Gasteiger partial charge in [0.2, 0.25) is 0 Å². The summed E-state index contributed by atoms with van der Waals surface area (Å²) in [5, 5.41) is 0. The molecule has 0 aromatic carbocycles. The summed E-state index contributed by atoms with van der Waals surface area (Å²) in [5.41, 5.74) is 7.31. The van der Waals surface area contributed by atoms with E-state index < -0.39 is 0 Å². The van der Waals surface area contributed by atoms with E-state index in [2.05, 4.69) is 16.2 Å². The van der Waals surface area contributed by atoms with Crippen LogP contribution >= 0.6 is 0 Å². The van der Waals surface area contributed by atoms with Crippen molar-refractivity contribution in [1.29, 1.82) is 0 Å². The first-order chi connectivity index (χ1) is 4.72. The van der Waals surface area contributed by atoms with Gasteiger partial charge in [0, 0.05) is 12.8 Å². The fourth-order valence-electron chi connectivity index (χ4n) is 0.675. The molecule has 1 atom stereocenters. The van der Waals surface area contributed by atoms with Crippen LogP contribution in [0, 0.1) is 0 Å². The van der Waals surface area contributed by atoms with Crippen LogP contribution in [-0.2, 0) is 9.53 Å². The van der Waals surface area contributed by atoms with Gasteiger partial charge < -0.3 is 16.2 Å². The van der Waals surface area contributed by atoms with Crippen LogP contribution in [0.5, 0.6) is 0 Å². The predicted octanol–water partition coefficient (Wildman–Crippen LogP) is -2.21. The Labute approximate surface area is 60.5 Å². The average Bonchev–Trinajstić information content (AvgIpc) is 1.98. The van der Waals surface area contributed by atoms with Crippen molar-refractivity contribution in [3.8, 4) is 0 Å². The van der Waals surface area contributed by atoms with Gasteiger partial charge in [0.1, 0.15) is 0 Å². The van der Waals surface area contributed by atoms with Crippen LogP contribution < -0.4 is 11.5 Å². The number of carbonyl (C=O) groups is 1. The van der Waals surface area contributed by atoms with Crippen LogP contribution in [0.25, 0.3) is 0 Å². The van der Waals surface area contributed by atoms with Crippen molar-refractivity contribution in [3.05, 3.63) is 0 Å². The largest absolute Gasteiger partial charge is 0.465 e. The van der Waals surface area contributed by atoms with Crippen LogP contribution in [0.1, 0.15) is 12.8 Å². The molecule has 0 unspecified atom stereocenters. The molecular formula is C6H16N2O2+2. The average molecular weight is 148 g/mol. The van der Waals surface area contributed by atoms with E-state index in [1.807, 2.05) is 0 Å². The summed E-state index contributed by atoms with van der Waals surface area (Å²) in [6.07, 6.45) is 1.71. The van der Waals surface area contributed by atoms with E-state index >= 15 is 0 Å². The summed E-state index contributed by atoms with van der Waals surface area (Å²) in [5.74, 6) is -0.228. The third kappa shape index (κ3) is 3.42. The molecule has 0 radical (unpaired) electrons. The Bertz CT molecular complexity index is 106. The fraction of sp³-hybridized carbons (Fsp3) is 0.833.